The standard InChI is InChI=1S/C14H14FNO2/c1-2-4-10-7-8-12(11(17)9-10)18-14-6-3-5-13(15)16-14/h3,5-9,17H,2,4H2,1H3. The molecule has 0 spiro atoms. The summed E-state index contributed by atoms with van der Waals surface area (Å²) < 4.78 is 18.2. The highest BCUT2D eigenvalue weighted by Crippen LogP contribution is 2.30. The van der Waals surface area contributed by atoms with Crippen LogP contribution in [-0.4, -0.2) is 10.1 Å². The lowest BCUT2D eigenvalue weighted by molar-refractivity contribution is 0.396. The van der Waals surface area contributed by atoms with E-state index in [-0.39, 0.29) is 17.4 Å². The van der Waals surface area contributed by atoms with Gasteiger partial charge in [0.2, 0.25) is 11.8 Å². The van der Waals surface area contributed by atoms with Crippen LogP contribution in [0.2, 0.25) is 0 Å². The lowest BCUT2D eigenvalue weighted by atomic mass is 10.1. The number of ether oxygens (including phenoxy) is 1. The number of benzene rings is 1. The molecule has 0 aliphatic carbocycles. The molecular formula is C14H14FNO2. The van der Waals surface area contributed by atoms with E-state index in [1.54, 1.807) is 12.1 Å². The second-order valence-corrected chi connectivity index (χ2v) is 3.95. The molecule has 0 radical (unpaired) electrons. The van der Waals surface area contributed by atoms with Gasteiger partial charge in [0.25, 0.3) is 0 Å². The fourth-order valence-electron chi connectivity index (χ4n) is 1.65. The molecule has 0 bridgehead atoms. The third-order valence-electron chi connectivity index (χ3n) is 2.47. The third kappa shape index (κ3) is 2.97. The number of hydrogen-bond acceptors (Lipinski definition) is 3. The van der Waals surface area contributed by atoms with Gasteiger partial charge in [-0.3, -0.25) is 0 Å². The Morgan fingerprint density at radius 3 is 2.78 bits per heavy atom. The molecule has 0 aliphatic heterocycles. The molecule has 2 rings (SSSR count). The van der Waals surface area contributed by atoms with Gasteiger partial charge >= 0.3 is 0 Å². The molecule has 4 heteroatoms. The second kappa shape index (κ2) is 5.49. The van der Waals surface area contributed by atoms with Gasteiger partial charge in [-0.25, -0.2) is 0 Å². The maximum absolute atomic E-state index is 12.9. The number of aromatic nitrogens is 1. The summed E-state index contributed by atoms with van der Waals surface area (Å²) in [6, 6.07) is 9.45. The molecule has 94 valence electrons. The van der Waals surface area contributed by atoms with Gasteiger partial charge in [0.1, 0.15) is 0 Å². The molecule has 0 saturated heterocycles. The lowest BCUT2D eigenvalue weighted by Crippen LogP contribution is -1.91. The molecular weight excluding hydrogens is 233 g/mol. The first kappa shape index (κ1) is 12.4. The van der Waals surface area contributed by atoms with E-state index in [1.165, 1.54) is 18.2 Å². The Morgan fingerprint density at radius 2 is 2.11 bits per heavy atom. The van der Waals surface area contributed by atoms with Gasteiger partial charge in [0.15, 0.2) is 11.5 Å². The number of rotatable bonds is 4. The zero-order valence-electron chi connectivity index (χ0n) is 10.1. The number of halogens is 1. The lowest BCUT2D eigenvalue weighted by Gasteiger charge is -2.08. The predicted molar refractivity (Wildman–Crippen MR) is 66.4 cm³/mol. The SMILES string of the molecule is CCCc1ccc(Oc2cccc(F)n2)c(O)c1. The van der Waals surface area contributed by atoms with Gasteiger partial charge < -0.3 is 9.84 Å². The Morgan fingerprint density at radius 1 is 1.28 bits per heavy atom. The number of pyridine rings is 1. The number of phenols is 1. The Labute approximate surface area is 105 Å². The molecule has 0 saturated carbocycles. The first-order chi connectivity index (χ1) is 8.69. The molecule has 3 nitrogen and oxygen atoms in total. The quantitative estimate of drug-likeness (QED) is 0.838. The molecule has 0 unspecified atom stereocenters. The Balaban J connectivity index is 2.19. The van der Waals surface area contributed by atoms with E-state index in [2.05, 4.69) is 11.9 Å². The van der Waals surface area contributed by atoms with Crippen molar-refractivity contribution in [2.75, 3.05) is 0 Å². The summed E-state index contributed by atoms with van der Waals surface area (Å²) in [6.45, 7) is 2.07. The van der Waals surface area contributed by atoms with Crippen molar-refractivity contribution in [3.8, 4) is 17.4 Å². The van der Waals surface area contributed by atoms with Crippen LogP contribution in [0.4, 0.5) is 4.39 Å². The fraction of sp³-hybridized carbons (Fsp3) is 0.214. The van der Waals surface area contributed by atoms with E-state index in [4.69, 9.17) is 4.74 Å². The van der Waals surface area contributed by atoms with Crippen LogP contribution in [0.1, 0.15) is 18.9 Å². The largest absolute Gasteiger partial charge is 0.504 e. The summed E-state index contributed by atoms with van der Waals surface area (Å²) in [6.07, 6.45) is 1.90. The third-order valence-corrected chi connectivity index (χ3v) is 2.47. The van der Waals surface area contributed by atoms with E-state index in [9.17, 15) is 9.50 Å². The summed E-state index contributed by atoms with van der Waals surface area (Å²) in [5, 5.41) is 9.80. The van der Waals surface area contributed by atoms with Crippen molar-refractivity contribution in [2.45, 2.75) is 19.8 Å². The first-order valence-corrected chi connectivity index (χ1v) is 5.81. The molecule has 18 heavy (non-hydrogen) atoms. The van der Waals surface area contributed by atoms with Crippen LogP contribution in [0, 0.1) is 5.95 Å². The van der Waals surface area contributed by atoms with Crippen molar-refractivity contribution in [1.29, 1.82) is 0 Å². The molecule has 2 aromatic rings. The van der Waals surface area contributed by atoms with Crippen LogP contribution < -0.4 is 4.74 Å². The van der Waals surface area contributed by atoms with Crippen molar-refractivity contribution < 1.29 is 14.2 Å². The van der Waals surface area contributed by atoms with Crippen LogP contribution >= 0.6 is 0 Å². The Kier molecular flexibility index (Phi) is 3.77. The molecule has 1 N–H and O–H groups in total. The van der Waals surface area contributed by atoms with Crippen molar-refractivity contribution in [3.63, 3.8) is 0 Å². The minimum absolute atomic E-state index is 0.0343. The number of aryl methyl sites for hydroxylation is 1. The van der Waals surface area contributed by atoms with Gasteiger partial charge in [0.05, 0.1) is 0 Å². The monoisotopic (exact) mass is 247 g/mol. The van der Waals surface area contributed by atoms with Crippen molar-refractivity contribution in [1.82, 2.24) is 4.98 Å². The predicted octanol–water partition coefficient (Wildman–Crippen LogP) is 3.67. The molecule has 0 amide bonds. The van der Waals surface area contributed by atoms with Crippen molar-refractivity contribution >= 4 is 0 Å². The van der Waals surface area contributed by atoms with Crippen LogP contribution in [-0.2, 0) is 6.42 Å². The smallest absolute Gasteiger partial charge is 0.222 e. The average Bonchev–Trinajstić information content (AvgIpc) is 2.33. The van der Waals surface area contributed by atoms with Crippen LogP contribution in [0.5, 0.6) is 17.4 Å². The van der Waals surface area contributed by atoms with Crippen molar-refractivity contribution in [2.24, 2.45) is 0 Å². The highest BCUT2D eigenvalue weighted by Gasteiger charge is 2.06. The minimum atomic E-state index is -0.616. The van der Waals surface area contributed by atoms with Crippen LogP contribution in [0.25, 0.3) is 0 Å². The zero-order chi connectivity index (χ0) is 13.0. The number of hydrogen-bond donors (Lipinski definition) is 1. The van der Waals surface area contributed by atoms with E-state index in [0.717, 1.165) is 18.4 Å². The van der Waals surface area contributed by atoms with Gasteiger partial charge in [-0.05, 0) is 30.2 Å². The van der Waals surface area contributed by atoms with Gasteiger partial charge in [-0.15, -0.1) is 0 Å². The van der Waals surface area contributed by atoms with E-state index < -0.39 is 5.95 Å². The summed E-state index contributed by atoms with van der Waals surface area (Å²) in [7, 11) is 0. The minimum Gasteiger partial charge on any atom is -0.504 e. The van der Waals surface area contributed by atoms with E-state index in [1.807, 2.05) is 6.07 Å². The maximum Gasteiger partial charge on any atom is 0.222 e. The maximum atomic E-state index is 12.9. The zero-order valence-corrected chi connectivity index (χ0v) is 10.1. The molecule has 0 aliphatic rings. The van der Waals surface area contributed by atoms with Gasteiger partial charge in [-0.2, -0.15) is 9.37 Å². The fourth-order valence-corrected chi connectivity index (χ4v) is 1.65. The summed E-state index contributed by atoms with van der Waals surface area (Å²) in [5.41, 5.74) is 1.04. The van der Waals surface area contributed by atoms with E-state index >= 15 is 0 Å². The summed E-state index contributed by atoms with van der Waals surface area (Å²) >= 11 is 0. The Hall–Kier alpha value is -2.10. The summed E-state index contributed by atoms with van der Waals surface area (Å²) in [5.74, 6) is -0.192. The van der Waals surface area contributed by atoms with Crippen molar-refractivity contribution in [3.05, 3.63) is 47.9 Å². The number of nitrogens with zero attached hydrogens (tertiary/aromatic N) is 1. The second-order valence-electron chi connectivity index (χ2n) is 3.95. The highest BCUT2D eigenvalue weighted by atomic mass is 19.1. The molecule has 1 heterocycles. The average molecular weight is 247 g/mol. The molecule has 1 aromatic carbocycles. The number of aromatic hydroxyl groups is 1. The first-order valence-electron chi connectivity index (χ1n) is 5.81. The normalized spacial score (nSPS) is 10.3. The van der Waals surface area contributed by atoms with E-state index in [0.29, 0.717) is 0 Å². The van der Waals surface area contributed by atoms with Gasteiger partial charge in [0, 0.05) is 6.07 Å². The summed E-state index contributed by atoms with van der Waals surface area (Å²) in [4.78, 5) is 3.57. The highest BCUT2D eigenvalue weighted by molar-refractivity contribution is 5.43. The molecule has 0 fully saturated rings. The molecule has 1 aromatic heterocycles. The molecule has 0 atom stereocenters. The van der Waals surface area contributed by atoms with Crippen LogP contribution in [0.15, 0.2) is 36.4 Å². The number of phenolic OH excluding ortho intramolecular Hbond substituents is 1. The topological polar surface area (TPSA) is 42.4 Å². The van der Waals surface area contributed by atoms with Crippen LogP contribution in [0.3, 0.4) is 0 Å². The Bertz CT molecular complexity index is 543. The van der Waals surface area contributed by atoms with Gasteiger partial charge in [-0.1, -0.05) is 25.5 Å².